The van der Waals surface area contributed by atoms with Gasteiger partial charge in [0.2, 0.25) is 0 Å². The summed E-state index contributed by atoms with van der Waals surface area (Å²) in [5, 5.41) is 1.96. The van der Waals surface area contributed by atoms with Crippen LogP contribution in [-0.2, 0) is 0 Å². The van der Waals surface area contributed by atoms with Gasteiger partial charge in [-0.15, -0.1) is 11.5 Å². The molecule has 0 aliphatic carbocycles. The monoisotopic (exact) mass is 180 g/mol. The van der Waals surface area contributed by atoms with Crippen molar-refractivity contribution in [1.29, 1.82) is 0 Å². The molecule has 0 saturated heterocycles. The van der Waals surface area contributed by atoms with E-state index in [1.54, 1.807) is 6.07 Å². The Morgan fingerprint density at radius 1 is 1.00 bits per heavy atom. The average molecular weight is 180 g/mol. The van der Waals surface area contributed by atoms with Gasteiger partial charge in [0.05, 0.1) is 0 Å². The van der Waals surface area contributed by atoms with Crippen molar-refractivity contribution in [3.05, 3.63) is 36.4 Å². The molecule has 2 aromatic rings. The molecular formula is C10H9N2Na. The first kappa shape index (κ1) is 10.4. The minimum absolute atomic E-state index is 0. The van der Waals surface area contributed by atoms with Gasteiger partial charge in [0.25, 0.3) is 0 Å². The molecule has 0 aliphatic heterocycles. The van der Waals surface area contributed by atoms with E-state index in [-0.39, 0.29) is 29.6 Å². The van der Waals surface area contributed by atoms with Gasteiger partial charge in [-0.1, -0.05) is 17.1 Å². The summed E-state index contributed by atoms with van der Waals surface area (Å²) < 4.78 is 0. The van der Waals surface area contributed by atoms with E-state index >= 15 is 0 Å². The van der Waals surface area contributed by atoms with Crippen molar-refractivity contribution in [2.75, 3.05) is 11.5 Å². The third-order valence-electron chi connectivity index (χ3n) is 1.90. The standard InChI is InChI=1S/C10H9N2.Na/c11-8-5-1-3-7-4-2-6-9(12)10(7)8;/h1,3-6H,11-12H2;/q-1;+1. The summed E-state index contributed by atoms with van der Waals surface area (Å²) >= 11 is 0. The van der Waals surface area contributed by atoms with Crippen LogP contribution in [0.4, 0.5) is 11.4 Å². The number of fused-ring (bicyclic) bond motifs is 1. The van der Waals surface area contributed by atoms with Gasteiger partial charge < -0.3 is 11.5 Å². The zero-order valence-corrected chi connectivity index (χ0v) is 9.54. The second-order valence-corrected chi connectivity index (χ2v) is 2.72. The van der Waals surface area contributed by atoms with Crippen LogP contribution in [0.3, 0.4) is 0 Å². The Morgan fingerprint density at radius 2 is 1.77 bits per heavy atom. The van der Waals surface area contributed by atoms with Crippen molar-refractivity contribution >= 4 is 22.1 Å². The first-order valence-corrected chi connectivity index (χ1v) is 3.73. The van der Waals surface area contributed by atoms with Gasteiger partial charge in [-0.05, 0) is 6.07 Å². The molecule has 0 aliphatic rings. The molecule has 2 aromatic carbocycles. The molecule has 13 heavy (non-hydrogen) atoms. The van der Waals surface area contributed by atoms with Gasteiger partial charge >= 0.3 is 29.6 Å². The maximum Gasteiger partial charge on any atom is 1.00 e. The Hall–Kier alpha value is -0.700. The number of benzene rings is 2. The molecule has 0 amide bonds. The maximum absolute atomic E-state index is 5.76. The van der Waals surface area contributed by atoms with E-state index in [4.69, 9.17) is 11.5 Å². The van der Waals surface area contributed by atoms with Crippen LogP contribution in [0.15, 0.2) is 30.3 Å². The van der Waals surface area contributed by atoms with Crippen molar-refractivity contribution < 1.29 is 29.6 Å². The van der Waals surface area contributed by atoms with Crippen LogP contribution >= 0.6 is 0 Å². The van der Waals surface area contributed by atoms with E-state index in [9.17, 15) is 0 Å². The Kier molecular flexibility index (Phi) is 3.20. The topological polar surface area (TPSA) is 52.0 Å². The zero-order chi connectivity index (χ0) is 8.55. The van der Waals surface area contributed by atoms with Gasteiger partial charge in [0.1, 0.15) is 0 Å². The van der Waals surface area contributed by atoms with Crippen LogP contribution in [-0.4, -0.2) is 0 Å². The van der Waals surface area contributed by atoms with Crippen LogP contribution in [0.1, 0.15) is 0 Å². The molecular weight excluding hydrogens is 171 g/mol. The molecule has 0 heterocycles. The molecule has 2 rings (SSSR count). The summed E-state index contributed by atoms with van der Waals surface area (Å²) in [6, 6.07) is 12.3. The van der Waals surface area contributed by atoms with Crippen molar-refractivity contribution in [1.82, 2.24) is 0 Å². The summed E-state index contributed by atoms with van der Waals surface area (Å²) in [4.78, 5) is 0. The maximum atomic E-state index is 5.76. The summed E-state index contributed by atoms with van der Waals surface area (Å²) in [5.74, 6) is 0. The minimum Gasteiger partial charge on any atom is -0.449 e. The molecule has 0 fully saturated rings. The fourth-order valence-electron chi connectivity index (χ4n) is 1.34. The number of hydrogen-bond donors (Lipinski definition) is 2. The summed E-state index contributed by atoms with van der Waals surface area (Å²) in [7, 11) is 0. The van der Waals surface area contributed by atoms with E-state index in [0.717, 1.165) is 16.5 Å². The molecule has 0 saturated carbocycles. The second kappa shape index (κ2) is 4.01. The Balaban J connectivity index is 0.000000845. The molecule has 3 heteroatoms. The van der Waals surface area contributed by atoms with Crippen LogP contribution < -0.4 is 41.0 Å². The summed E-state index contributed by atoms with van der Waals surface area (Å²) in [5.41, 5.74) is 12.9. The Bertz CT molecular complexity index is 389. The molecule has 4 N–H and O–H groups in total. The fourth-order valence-corrected chi connectivity index (χ4v) is 1.34. The van der Waals surface area contributed by atoms with Crippen LogP contribution in [0.5, 0.6) is 0 Å². The second-order valence-electron chi connectivity index (χ2n) is 2.72. The number of anilines is 2. The van der Waals surface area contributed by atoms with E-state index in [0.29, 0.717) is 5.69 Å². The summed E-state index contributed by atoms with van der Waals surface area (Å²) in [6.07, 6.45) is 0. The predicted molar refractivity (Wildman–Crippen MR) is 51.6 cm³/mol. The van der Waals surface area contributed by atoms with Crippen LogP contribution in [0.2, 0.25) is 0 Å². The molecule has 2 nitrogen and oxygen atoms in total. The van der Waals surface area contributed by atoms with Crippen molar-refractivity contribution in [2.45, 2.75) is 0 Å². The van der Waals surface area contributed by atoms with E-state index < -0.39 is 0 Å². The first-order chi connectivity index (χ1) is 5.79. The van der Waals surface area contributed by atoms with E-state index in [1.165, 1.54) is 0 Å². The quantitative estimate of drug-likeness (QED) is 0.304. The van der Waals surface area contributed by atoms with E-state index in [1.807, 2.05) is 24.3 Å². The molecule has 0 atom stereocenters. The van der Waals surface area contributed by atoms with Crippen LogP contribution in [0, 0.1) is 6.07 Å². The largest absolute Gasteiger partial charge is 1.00 e. The van der Waals surface area contributed by atoms with Crippen molar-refractivity contribution in [3.8, 4) is 0 Å². The van der Waals surface area contributed by atoms with E-state index in [2.05, 4.69) is 6.07 Å². The number of nitrogens with two attached hydrogens (primary N) is 2. The molecule has 60 valence electrons. The smallest absolute Gasteiger partial charge is 0.449 e. The SMILES string of the molecule is Nc1c[c-]cc2cccc(N)c12.[Na+]. The Morgan fingerprint density at radius 3 is 2.46 bits per heavy atom. The number of nitrogen functional groups attached to an aromatic ring is 2. The van der Waals surface area contributed by atoms with Gasteiger partial charge in [0, 0.05) is 5.69 Å². The minimum atomic E-state index is 0. The van der Waals surface area contributed by atoms with Gasteiger partial charge in [-0.3, -0.25) is 0 Å². The molecule has 0 bridgehead atoms. The van der Waals surface area contributed by atoms with Gasteiger partial charge in [0.15, 0.2) is 0 Å². The fraction of sp³-hybridized carbons (Fsp3) is 0. The average Bonchev–Trinajstić information content (AvgIpc) is 2.04. The zero-order valence-electron chi connectivity index (χ0n) is 7.54. The van der Waals surface area contributed by atoms with Crippen molar-refractivity contribution in [3.63, 3.8) is 0 Å². The summed E-state index contributed by atoms with van der Waals surface area (Å²) in [6.45, 7) is 0. The number of hydrogen-bond acceptors (Lipinski definition) is 2. The third kappa shape index (κ3) is 1.80. The molecule has 0 spiro atoms. The Labute approximate surface area is 99.2 Å². The van der Waals surface area contributed by atoms with Gasteiger partial charge in [-0.2, -0.15) is 18.2 Å². The van der Waals surface area contributed by atoms with Gasteiger partial charge in [-0.25, -0.2) is 0 Å². The normalized spacial score (nSPS) is 9.54. The molecule has 0 aromatic heterocycles. The first-order valence-electron chi connectivity index (χ1n) is 3.73. The molecule has 0 radical (unpaired) electrons. The van der Waals surface area contributed by atoms with Crippen molar-refractivity contribution in [2.24, 2.45) is 0 Å². The third-order valence-corrected chi connectivity index (χ3v) is 1.90. The van der Waals surface area contributed by atoms with Crippen LogP contribution in [0.25, 0.3) is 10.8 Å². The predicted octanol–water partition coefficient (Wildman–Crippen LogP) is -1.19. The molecule has 0 unspecified atom stereocenters. The number of rotatable bonds is 0.